The van der Waals surface area contributed by atoms with Crippen LogP contribution < -0.4 is 10.6 Å². The van der Waals surface area contributed by atoms with Gasteiger partial charge in [-0.05, 0) is 76.4 Å². The van der Waals surface area contributed by atoms with Gasteiger partial charge < -0.3 is 15.7 Å². The van der Waals surface area contributed by atoms with E-state index in [0.717, 1.165) is 25.9 Å². The normalized spacial score (nSPS) is 15.3. The molecule has 0 amide bonds. The van der Waals surface area contributed by atoms with Crippen LogP contribution in [0, 0.1) is 17.1 Å². The zero-order valence-electron chi connectivity index (χ0n) is 27.6. The van der Waals surface area contributed by atoms with Gasteiger partial charge >= 0.3 is 5.97 Å². The average molecular weight is 704 g/mol. The van der Waals surface area contributed by atoms with Crippen LogP contribution in [0.5, 0.6) is 0 Å². The smallest absolute Gasteiger partial charge is 0.331 e. The molecular weight excluding hydrogens is 666 g/mol. The summed E-state index contributed by atoms with van der Waals surface area (Å²) in [7, 11) is 0. The topological polar surface area (TPSA) is 132 Å². The first-order valence-electron chi connectivity index (χ1n) is 15.7. The SMILES string of the molecule is C=C(/C=C\C=C(/C)C(=O)O)[C@H](Nc1cc(Cl)c2ncc(C#N)c(Nc3ccc(F)c(Cl)c3)c2c1)c1cn(C2CCN(C(C)(C)C)CC2)nn1. The maximum absolute atomic E-state index is 13.9. The van der Waals surface area contributed by atoms with Gasteiger partial charge in [0.15, 0.2) is 0 Å². The van der Waals surface area contributed by atoms with Gasteiger partial charge in [0.25, 0.3) is 0 Å². The predicted molar refractivity (Wildman–Crippen MR) is 192 cm³/mol. The van der Waals surface area contributed by atoms with Crippen LogP contribution in [0.15, 0.2) is 78.7 Å². The van der Waals surface area contributed by atoms with Crippen molar-refractivity contribution in [3.05, 3.63) is 106 Å². The van der Waals surface area contributed by atoms with Crippen molar-refractivity contribution >= 4 is 57.1 Å². The highest BCUT2D eigenvalue weighted by Gasteiger charge is 2.29. The van der Waals surface area contributed by atoms with E-state index in [1.807, 2.05) is 10.9 Å². The maximum Gasteiger partial charge on any atom is 0.331 e. The fraction of sp³-hybridized carbons (Fsp3) is 0.306. The van der Waals surface area contributed by atoms with Crippen molar-refractivity contribution < 1.29 is 14.3 Å². The number of rotatable bonds is 10. The minimum atomic E-state index is -1.02. The van der Waals surface area contributed by atoms with E-state index in [2.05, 4.69) is 64.2 Å². The van der Waals surface area contributed by atoms with Gasteiger partial charge in [0.1, 0.15) is 17.6 Å². The van der Waals surface area contributed by atoms with Gasteiger partial charge in [-0.3, -0.25) is 9.88 Å². The fourth-order valence-corrected chi connectivity index (χ4v) is 6.14. The van der Waals surface area contributed by atoms with Gasteiger partial charge in [-0.25, -0.2) is 13.9 Å². The molecule has 0 saturated carbocycles. The Hall–Kier alpha value is -4.76. The van der Waals surface area contributed by atoms with Gasteiger partial charge in [0.05, 0.1) is 45.1 Å². The lowest BCUT2D eigenvalue weighted by atomic mass is 9.98. The van der Waals surface area contributed by atoms with Crippen molar-refractivity contribution in [2.75, 3.05) is 23.7 Å². The molecular formula is C36H37Cl2FN8O2. The third-order valence-electron chi connectivity index (χ3n) is 8.52. The molecule has 0 spiro atoms. The Morgan fingerprint density at radius 3 is 2.55 bits per heavy atom. The number of pyridine rings is 1. The summed E-state index contributed by atoms with van der Waals surface area (Å²) in [5.41, 5.74) is 3.59. The summed E-state index contributed by atoms with van der Waals surface area (Å²) < 4.78 is 15.8. The molecule has 13 heteroatoms. The summed E-state index contributed by atoms with van der Waals surface area (Å²) in [6.07, 6.45) is 10.0. The largest absolute Gasteiger partial charge is 0.478 e. The molecule has 0 aliphatic carbocycles. The number of fused-ring (bicyclic) bond motifs is 1. The highest BCUT2D eigenvalue weighted by Crippen LogP contribution is 2.37. The first-order chi connectivity index (χ1) is 23.2. The van der Waals surface area contributed by atoms with E-state index in [1.54, 1.807) is 24.3 Å². The van der Waals surface area contributed by atoms with Crippen molar-refractivity contribution in [1.82, 2.24) is 24.9 Å². The molecule has 2 aromatic carbocycles. The second-order valence-corrected chi connectivity index (χ2v) is 13.8. The Bertz CT molecular complexity index is 2000. The number of nitrogens with zero attached hydrogens (tertiary/aromatic N) is 6. The molecule has 1 atom stereocenters. The lowest BCUT2D eigenvalue weighted by Crippen LogP contribution is -2.46. The summed E-state index contributed by atoms with van der Waals surface area (Å²) in [5, 5.41) is 35.7. The number of hydrogen-bond donors (Lipinski definition) is 3. The first-order valence-corrected chi connectivity index (χ1v) is 16.5. The van der Waals surface area contributed by atoms with Crippen LogP contribution in [0.2, 0.25) is 10.0 Å². The number of benzene rings is 2. The number of piperidine rings is 1. The second-order valence-electron chi connectivity index (χ2n) is 12.9. The predicted octanol–water partition coefficient (Wildman–Crippen LogP) is 8.62. The zero-order valence-corrected chi connectivity index (χ0v) is 29.1. The molecule has 10 nitrogen and oxygen atoms in total. The second kappa shape index (κ2) is 14.8. The van der Waals surface area contributed by atoms with Crippen molar-refractivity contribution in [1.29, 1.82) is 5.26 Å². The molecule has 5 rings (SSSR count). The number of hydrogen-bond acceptors (Lipinski definition) is 8. The Morgan fingerprint density at radius 2 is 1.90 bits per heavy atom. The summed E-state index contributed by atoms with van der Waals surface area (Å²) in [6, 6.07) is 9.44. The van der Waals surface area contributed by atoms with Gasteiger partial charge in [0.2, 0.25) is 0 Å². The molecule has 1 fully saturated rings. The van der Waals surface area contributed by atoms with Crippen molar-refractivity contribution in [3.8, 4) is 6.07 Å². The third-order valence-corrected chi connectivity index (χ3v) is 9.10. The number of likely N-dealkylation sites (tertiary alicyclic amines) is 1. The maximum atomic E-state index is 13.9. The van der Waals surface area contributed by atoms with E-state index < -0.39 is 17.8 Å². The summed E-state index contributed by atoms with van der Waals surface area (Å²) in [5.74, 6) is -1.59. The van der Waals surface area contributed by atoms with E-state index >= 15 is 0 Å². The van der Waals surface area contributed by atoms with Crippen LogP contribution in [0.1, 0.15) is 63.9 Å². The number of carboxylic acid groups (broad SMARTS) is 1. The van der Waals surface area contributed by atoms with Crippen molar-refractivity contribution in [2.45, 2.75) is 58.2 Å². The Labute approximate surface area is 294 Å². The minimum Gasteiger partial charge on any atom is -0.478 e. The number of carbonyl (C=O) groups is 1. The molecule has 1 aliphatic rings. The number of halogens is 3. The summed E-state index contributed by atoms with van der Waals surface area (Å²) in [6.45, 7) is 14.3. The summed E-state index contributed by atoms with van der Waals surface area (Å²) in [4.78, 5) is 18.2. The lowest BCUT2D eigenvalue weighted by Gasteiger charge is -2.40. The minimum absolute atomic E-state index is 0.0714. The van der Waals surface area contributed by atoms with Crippen LogP contribution >= 0.6 is 23.2 Å². The van der Waals surface area contributed by atoms with Gasteiger partial charge in [0, 0.05) is 47.2 Å². The Morgan fingerprint density at radius 1 is 1.18 bits per heavy atom. The number of anilines is 3. The molecule has 1 saturated heterocycles. The van der Waals surface area contributed by atoms with Crippen LogP contribution in [-0.2, 0) is 4.79 Å². The standard InChI is InChI=1S/C36H37Cl2FN8O2/c1-21(7-6-8-22(2)35(48)49)32(31-20-47(45-44-31)26-11-13-46(14-12-26)36(3,4)5)43-25-15-27-33(42-24-9-10-30(39)28(37)16-24)23(18-40)19-41-34(27)29(38)17-25/h6-10,15-17,19-20,26,32,43H,1,11-14H2,2-5H3,(H,41,42)(H,48,49)/b7-6-,22-8+/t32-/m0/s1. The van der Waals surface area contributed by atoms with Gasteiger partial charge in [-0.2, -0.15) is 5.26 Å². The molecule has 0 bridgehead atoms. The molecule has 254 valence electrons. The molecule has 0 unspecified atom stereocenters. The van der Waals surface area contributed by atoms with Crippen LogP contribution in [0.3, 0.4) is 0 Å². The van der Waals surface area contributed by atoms with E-state index in [-0.39, 0.29) is 27.7 Å². The third kappa shape index (κ3) is 8.28. The molecule has 2 aromatic heterocycles. The highest BCUT2D eigenvalue weighted by molar-refractivity contribution is 6.36. The molecule has 49 heavy (non-hydrogen) atoms. The van der Waals surface area contributed by atoms with Crippen LogP contribution in [-0.4, -0.2) is 54.6 Å². The van der Waals surface area contributed by atoms with Crippen LogP contribution in [0.25, 0.3) is 10.9 Å². The highest BCUT2D eigenvalue weighted by atomic mass is 35.5. The number of carboxylic acids is 1. The molecule has 3 heterocycles. The molecule has 1 aliphatic heterocycles. The average Bonchev–Trinajstić information content (AvgIpc) is 3.55. The summed E-state index contributed by atoms with van der Waals surface area (Å²) >= 11 is 12.8. The number of aliphatic carboxylic acids is 1. The molecule has 3 N–H and O–H groups in total. The van der Waals surface area contributed by atoms with Crippen LogP contribution in [0.4, 0.5) is 21.5 Å². The first kappa shape index (κ1) is 35.5. The quantitative estimate of drug-likeness (QED) is 0.110. The van der Waals surface area contributed by atoms with E-state index in [9.17, 15) is 19.6 Å². The molecule has 4 aromatic rings. The van der Waals surface area contributed by atoms with Gasteiger partial charge in [-0.15, -0.1) is 5.10 Å². The Kier molecular flexibility index (Phi) is 10.7. The number of aromatic nitrogens is 4. The lowest BCUT2D eigenvalue weighted by molar-refractivity contribution is -0.132. The zero-order chi connectivity index (χ0) is 35.5. The van der Waals surface area contributed by atoms with E-state index in [4.69, 9.17) is 23.2 Å². The monoisotopic (exact) mass is 702 g/mol. The van der Waals surface area contributed by atoms with Gasteiger partial charge in [-0.1, -0.05) is 53.2 Å². The van der Waals surface area contributed by atoms with E-state index in [1.165, 1.54) is 37.4 Å². The number of nitriles is 1. The van der Waals surface area contributed by atoms with Crippen molar-refractivity contribution in [2.24, 2.45) is 0 Å². The fourth-order valence-electron chi connectivity index (χ4n) is 5.69. The number of nitrogens with one attached hydrogen (secondary N) is 2. The van der Waals surface area contributed by atoms with Crippen molar-refractivity contribution in [3.63, 3.8) is 0 Å². The van der Waals surface area contributed by atoms with E-state index in [0.29, 0.717) is 44.3 Å². The molecule has 0 radical (unpaired) electrons. The Balaban J connectivity index is 1.51. The number of allylic oxidation sites excluding steroid dienone is 2.